The second-order valence-electron chi connectivity index (χ2n) is 4.54. The Labute approximate surface area is 120 Å². The average Bonchev–Trinajstić information content (AvgIpc) is 2.38. The summed E-state index contributed by atoms with van der Waals surface area (Å²) >= 11 is 0. The Bertz CT molecular complexity index is 621. The highest BCUT2D eigenvalue weighted by Crippen LogP contribution is 2.17. The minimum Gasteiger partial charge on any atom is -0.386 e. The number of carbonyl (C=O) groups is 2. The fourth-order valence-corrected chi connectivity index (χ4v) is 1.97. The molecule has 0 aromatic heterocycles. The van der Waals surface area contributed by atoms with Gasteiger partial charge in [0.05, 0.1) is 11.1 Å². The summed E-state index contributed by atoms with van der Waals surface area (Å²) in [5, 5.41) is 0. The van der Waals surface area contributed by atoms with Crippen LogP contribution in [-0.4, -0.2) is 11.9 Å². The SMILES string of the molecule is Cc1cccc(F)c1C(=O)OC(=O)c1c(C)cccc1F. The Morgan fingerprint density at radius 1 is 0.810 bits per heavy atom. The van der Waals surface area contributed by atoms with Gasteiger partial charge >= 0.3 is 11.9 Å². The first-order chi connectivity index (χ1) is 9.91. The molecule has 5 heteroatoms. The molecule has 0 N–H and O–H groups in total. The van der Waals surface area contributed by atoms with Crippen LogP contribution in [0.2, 0.25) is 0 Å². The second-order valence-corrected chi connectivity index (χ2v) is 4.54. The van der Waals surface area contributed by atoms with Gasteiger partial charge in [0.15, 0.2) is 0 Å². The Morgan fingerprint density at radius 3 is 1.52 bits per heavy atom. The van der Waals surface area contributed by atoms with Crippen LogP contribution < -0.4 is 0 Å². The van der Waals surface area contributed by atoms with Crippen molar-refractivity contribution in [3.63, 3.8) is 0 Å². The van der Waals surface area contributed by atoms with Gasteiger partial charge in [-0.15, -0.1) is 0 Å². The molecule has 2 aromatic carbocycles. The third-order valence-electron chi connectivity index (χ3n) is 3.04. The zero-order valence-corrected chi connectivity index (χ0v) is 11.4. The molecule has 2 rings (SSSR count). The van der Waals surface area contributed by atoms with Crippen molar-refractivity contribution in [3.8, 4) is 0 Å². The van der Waals surface area contributed by atoms with E-state index < -0.39 is 23.6 Å². The normalized spacial score (nSPS) is 10.3. The van der Waals surface area contributed by atoms with E-state index in [0.717, 1.165) is 12.1 Å². The Morgan fingerprint density at radius 2 is 1.19 bits per heavy atom. The molecule has 0 aliphatic rings. The quantitative estimate of drug-likeness (QED) is 0.627. The number of benzene rings is 2. The van der Waals surface area contributed by atoms with Crippen LogP contribution >= 0.6 is 0 Å². The number of halogens is 2. The van der Waals surface area contributed by atoms with Crippen LogP contribution in [0.1, 0.15) is 31.8 Å². The maximum absolute atomic E-state index is 13.6. The van der Waals surface area contributed by atoms with Crippen LogP contribution in [0.3, 0.4) is 0 Å². The number of carbonyl (C=O) groups excluding carboxylic acids is 2. The van der Waals surface area contributed by atoms with Gasteiger partial charge in [0.2, 0.25) is 0 Å². The summed E-state index contributed by atoms with van der Waals surface area (Å²) < 4.78 is 31.8. The van der Waals surface area contributed by atoms with Gasteiger partial charge in [0.25, 0.3) is 0 Å². The van der Waals surface area contributed by atoms with E-state index in [1.54, 1.807) is 0 Å². The van der Waals surface area contributed by atoms with E-state index in [-0.39, 0.29) is 11.1 Å². The molecule has 2 aromatic rings. The lowest BCUT2D eigenvalue weighted by Crippen LogP contribution is -2.17. The lowest BCUT2D eigenvalue weighted by Gasteiger charge is -2.08. The van der Waals surface area contributed by atoms with Gasteiger partial charge in [0.1, 0.15) is 11.6 Å². The monoisotopic (exact) mass is 290 g/mol. The van der Waals surface area contributed by atoms with Crippen LogP contribution in [0.15, 0.2) is 36.4 Å². The summed E-state index contributed by atoms with van der Waals surface area (Å²) in [6, 6.07) is 8.07. The second kappa shape index (κ2) is 5.83. The van der Waals surface area contributed by atoms with Crippen molar-refractivity contribution in [1.82, 2.24) is 0 Å². The molecule has 3 nitrogen and oxygen atoms in total. The summed E-state index contributed by atoms with van der Waals surface area (Å²) in [7, 11) is 0. The molecule has 0 fully saturated rings. The first-order valence-corrected chi connectivity index (χ1v) is 6.18. The third kappa shape index (κ3) is 2.97. The fourth-order valence-electron chi connectivity index (χ4n) is 1.97. The maximum Gasteiger partial charge on any atom is 0.349 e. The topological polar surface area (TPSA) is 43.4 Å². The highest BCUT2D eigenvalue weighted by atomic mass is 19.1. The lowest BCUT2D eigenvalue weighted by molar-refractivity contribution is 0.0391. The molecule has 0 bridgehead atoms. The molecule has 21 heavy (non-hydrogen) atoms. The number of esters is 2. The van der Waals surface area contributed by atoms with Crippen LogP contribution in [0.5, 0.6) is 0 Å². The smallest absolute Gasteiger partial charge is 0.349 e. The largest absolute Gasteiger partial charge is 0.386 e. The molecule has 0 atom stereocenters. The van der Waals surface area contributed by atoms with E-state index in [9.17, 15) is 18.4 Å². The van der Waals surface area contributed by atoms with Crippen molar-refractivity contribution >= 4 is 11.9 Å². The van der Waals surface area contributed by atoms with E-state index in [1.165, 1.54) is 38.1 Å². The number of hydrogen-bond donors (Lipinski definition) is 0. The molecule has 0 spiro atoms. The van der Waals surface area contributed by atoms with Crippen LogP contribution in [0.25, 0.3) is 0 Å². The van der Waals surface area contributed by atoms with Gasteiger partial charge < -0.3 is 4.74 Å². The highest BCUT2D eigenvalue weighted by molar-refractivity contribution is 6.04. The summed E-state index contributed by atoms with van der Waals surface area (Å²) in [6.45, 7) is 3.02. The number of aryl methyl sites for hydroxylation is 2. The lowest BCUT2D eigenvalue weighted by atomic mass is 10.1. The van der Waals surface area contributed by atoms with Crippen LogP contribution in [0, 0.1) is 25.5 Å². The molecule has 108 valence electrons. The molecule has 0 amide bonds. The molecule has 0 aliphatic carbocycles. The average molecular weight is 290 g/mol. The Hall–Kier alpha value is -2.56. The van der Waals surface area contributed by atoms with E-state index in [0.29, 0.717) is 11.1 Å². The van der Waals surface area contributed by atoms with Crippen LogP contribution in [-0.2, 0) is 4.74 Å². The molecule has 0 unspecified atom stereocenters. The van der Waals surface area contributed by atoms with Crippen LogP contribution in [0.4, 0.5) is 8.78 Å². The summed E-state index contributed by atoms with van der Waals surface area (Å²) in [4.78, 5) is 23.8. The minimum absolute atomic E-state index is 0.332. The third-order valence-corrected chi connectivity index (χ3v) is 3.04. The Balaban J connectivity index is 2.30. The van der Waals surface area contributed by atoms with Gasteiger partial charge in [-0.3, -0.25) is 0 Å². The summed E-state index contributed by atoms with van der Waals surface area (Å²) in [6.07, 6.45) is 0. The number of rotatable bonds is 2. The predicted molar refractivity (Wildman–Crippen MR) is 72.0 cm³/mol. The van der Waals surface area contributed by atoms with Gasteiger partial charge in [-0.05, 0) is 37.1 Å². The molecule has 0 saturated heterocycles. The molecule has 0 radical (unpaired) electrons. The van der Waals surface area contributed by atoms with E-state index in [1.807, 2.05) is 0 Å². The first kappa shape index (κ1) is 14.8. The maximum atomic E-state index is 13.6. The van der Waals surface area contributed by atoms with Gasteiger partial charge in [0, 0.05) is 0 Å². The van der Waals surface area contributed by atoms with E-state index in [4.69, 9.17) is 0 Å². The van der Waals surface area contributed by atoms with Crippen molar-refractivity contribution in [1.29, 1.82) is 0 Å². The van der Waals surface area contributed by atoms with E-state index in [2.05, 4.69) is 4.74 Å². The van der Waals surface area contributed by atoms with Crippen molar-refractivity contribution < 1.29 is 23.1 Å². The van der Waals surface area contributed by atoms with E-state index >= 15 is 0 Å². The number of hydrogen-bond acceptors (Lipinski definition) is 3. The molecule has 0 saturated carbocycles. The van der Waals surface area contributed by atoms with Gasteiger partial charge in [-0.1, -0.05) is 24.3 Å². The molecule has 0 heterocycles. The predicted octanol–water partition coefficient (Wildman–Crippen LogP) is 3.58. The number of ether oxygens (including phenoxy) is 1. The zero-order chi connectivity index (χ0) is 15.6. The highest BCUT2D eigenvalue weighted by Gasteiger charge is 2.23. The Kier molecular flexibility index (Phi) is 4.12. The summed E-state index contributed by atoms with van der Waals surface area (Å²) in [5.74, 6) is -3.87. The zero-order valence-electron chi connectivity index (χ0n) is 11.4. The van der Waals surface area contributed by atoms with Crippen molar-refractivity contribution in [3.05, 3.63) is 70.3 Å². The molecule has 0 aliphatic heterocycles. The van der Waals surface area contributed by atoms with Gasteiger partial charge in [-0.2, -0.15) is 0 Å². The fraction of sp³-hybridized carbons (Fsp3) is 0.125. The first-order valence-electron chi connectivity index (χ1n) is 6.18. The molecular weight excluding hydrogens is 278 g/mol. The van der Waals surface area contributed by atoms with Crippen molar-refractivity contribution in [2.45, 2.75) is 13.8 Å². The van der Waals surface area contributed by atoms with Crippen molar-refractivity contribution in [2.75, 3.05) is 0 Å². The summed E-state index contributed by atoms with van der Waals surface area (Å²) in [5.41, 5.74) is -0.00389. The van der Waals surface area contributed by atoms with Crippen molar-refractivity contribution in [2.24, 2.45) is 0 Å². The molecular formula is C16H12F2O3. The standard InChI is InChI=1S/C16H12F2O3/c1-9-5-3-7-11(17)13(9)15(19)21-16(20)14-10(2)6-4-8-12(14)18/h3-8H,1-2H3. The van der Waals surface area contributed by atoms with Gasteiger partial charge in [-0.25, -0.2) is 18.4 Å². The minimum atomic E-state index is -1.14.